The minimum Gasteiger partial charge on any atom is -0.459 e. The monoisotopic (exact) mass is 335 g/mol. The van der Waals surface area contributed by atoms with Crippen LogP contribution in [0.3, 0.4) is 0 Å². The summed E-state index contributed by atoms with van der Waals surface area (Å²) in [6.45, 7) is 7.55. The lowest BCUT2D eigenvalue weighted by Crippen LogP contribution is -2.27. The van der Waals surface area contributed by atoms with Crippen molar-refractivity contribution in [2.75, 3.05) is 5.32 Å². The first-order valence-corrected chi connectivity index (χ1v) is 9.30. The van der Waals surface area contributed by atoms with Gasteiger partial charge in [-0.15, -0.1) is 11.3 Å². The van der Waals surface area contributed by atoms with Gasteiger partial charge in [0.2, 0.25) is 5.91 Å². The third-order valence-corrected chi connectivity index (χ3v) is 6.37. The fourth-order valence-electron chi connectivity index (χ4n) is 4.00. The Morgan fingerprint density at radius 3 is 2.52 bits per heavy atom. The van der Waals surface area contributed by atoms with Crippen LogP contribution in [0.25, 0.3) is 0 Å². The van der Waals surface area contributed by atoms with Crippen molar-refractivity contribution in [3.8, 4) is 0 Å². The maximum Gasteiger partial charge on any atom is 0.341 e. The average Bonchev–Trinajstić information content (AvgIpc) is 3.14. The van der Waals surface area contributed by atoms with Crippen LogP contribution in [0.5, 0.6) is 0 Å². The van der Waals surface area contributed by atoms with Crippen molar-refractivity contribution < 1.29 is 14.3 Å². The van der Waals surface area contributed by atoms with Gasteiger partial charge in [-0.05, 0) is 64.4 Å². The smallest absolute Gasteiger partial charge is 0.341 e. The highest BCUT2D eigenvalue weighted by Gasteiger charge is 2.43. The van der Waals surface area contributed by atoms with Crippen LogP contribution in [0.4, 0.5) is 5.00 Å². The second-order valence-electron chi connectivity index (χ2n) is 7.21. The van der Waals surface area contributed by atoms with E-state index in [0.29, 0.717) is 16.5 Å². The van der Waals surface area contributed by atoms with Crippen molar-refractivity contribution in [2.24, 2.45) is 17.8 Å². The van der Waals surface area contributed by atoms with Gasteiger partial charge < -0.3 is 10.1 Å². The van der Waals surface area contributed by atoms with Crippen molar-refractivity contribution in [3.05, 3.63) is 16.0 Å². The summed E-state index contributed by atoms with van der Waals surface area (Å²) in [6.07, 6.45) is 4.48. The van der Waals surface area contributed by atoms with Gasteiger partial charge in [0.25, 0.3) is 0 Å². The van der Waals surface area contributed by atoms with Crippen LogP contribution in [0.2, 0.25) is 0 Å². The van der Waals surface area contributed by atoms with Crippen LogP contribution in [0, 0.1) is 31.6 Å². The van der Waals surface area contributed by atoms with Crippen LogP contribution < -0.4 is 5.32 Å². The summed E-state index contributed by atoms with van der Waals surface area (Å²) in [5, 5.41) is 3.68. The number of hydrogen-bond acceptors (Lipinski definition) is 4. The van der Waals surface area contributed by atoms with E-state index in [9.17, 15) is 9.59 Å². The fourth-order valence-corrected chi connectivity index (χ4v) is 5.06. The molecule has 0 saturated heterocycles. The van der Waals surface area contributed by atoms with E-state index < -0.39 is 0 Å². The first-order chi connectivity index (χ1) is 10.9. The predicted octanol–water partition coefficient (Wildman–Crippen LogP) is 4.30. The zero-order valence-electron chi connectivity index (χ0n) is 14.3. The maximum absolute atomic E-state index is 12.7. The van der Waals surface area contributed by atoms with Crippen molar-refractivity contribution in [1.82, 2.24) is 0 Å². The lowest BCUT2D eigenvalue weighted by Gasteiger charge is -2.20. The molecule has 1 N–H and O–H groups in total. The number of nitrogens with one attached hydrogen (secondary N) is 1. The van der Waals surface area contributed by atoms with Crippen molar-refractivity contribution in [3.63, 3.8) is 0 Å². The molecule has 0 aromatic carbocycles. The Morgan fingerprint density at radius 2 is 1.96 bits per heavy atom. The highest BCUT2D eigenvalue weighted by Crippen LogP contribution is 2.49. The molecule has 1 heterocycles. The quantitative estimate of drug-likeness (QED) is 0.834. The first kappa shape index (κ1) is 16.5. The summed E-state index contributed by atoms with van der Waals surface area (Å²) in [4.78, 5) is 26.1. The summed E-state index contributed by atoms with van der Waals surface area (Å²) < 4.78 is 5.34. The van der Waals surface area contributed by atoms with Crippen LogP contribution in [0.15, 0.2) is 0 Å². The van der Waals surface area contributed by atoms with Gasteiger partial charge in [-0.2, -0.15) is 0 Å². The van der Waals surface area contributed by atoms with Crippen molar-refractivity contribution >= 4 is 28.2 Å². The molecule has 0 radical (unpaired) electrons. The van der Waals surface area contributed by atoms with Crippen LogP contribution in [-0.2, 0) is 9.53 Å². The molecule has 3 atom stereocenters. The molecule has 2 fully saturated rings. The van der Waals surface area contributed by atoms with Gasteiger partial charge in [-0.3, -0.25) is 4.79 Å². The summed E-state index contributed by atoms with van der Waals surface area (Å²) in [5.74, 6) is 1.12. The maximum atomic E-state index is 12.7. The number of thiophene rings is 1. The van der Waals surface area contributed by atoms with E-state index in [-0.39, 0.29) is 23.9 Å². The fraction of sp³-hybridized carbons (Fsp3) is 0.667. The molecule has 2 bridgehead atoms. The minimum atomic E-state index is -0.343. The van der Waals surface area contributed by atoms with Gasteiger partial charge in [0.1, 0.15) is 5.00 Å². The van der Waals surface area contributed by atoms with E-state index in [2.05, 4.69) is 5.32 Å². The Balaban J connectivity index is 1.78. The number of amides is 1. The summed E-state index contributed by atoms with van der Waals surface area (Å²) in [7, 11) is 0. The second-order valence-corrected chi connectivity index (χ2v) is 8.44. The number of esters is 1. The van der Waals surface area contributed by atoms with Crippen LogP contribution in [0.1, 0.15) is 60.3 Å². The largest absolute Gasteiger partial charge is 0.459 e. The van der Waals surface area contributed by atoms with E-state index in [1.54, 1.807) is 0 Å². The third-order valence-electron chi connectivity index (χ3n) is 5.24. The number of aryl methyl sites for hydroxylation is 1. The molecule has 5 heteroatoms. The number of anilines is 1. The summed E-state index contributed by atoms with van der Waals surface area (Å²) >= 11 is 1.47. The summed E-state index contributed by atoms with van der Waals surface area (Å²) in [6, 6.07) is 0. The molecule has 126 valence electrons. The average molecular weight is 335 g/mol. The van der Waals surface area contributed by atoms with Gasteiger partial charge in [0, 0.05) is 10.8 Å². The zero-order chi connectivity index (χ0) is 16.7. The number of ether oxygens (including phenoxy) is 1. The molecule has 3 rings (SSSR count). The molecule has 1 aromatic rings. The van der Waals surface area contributed by atoms with E-state index in [1.165, 1.54) is 30.6 Å². The molecule has 4 nitrogen and oxygen atoms in total. The van der Waals surface area contributed by atoms with E-state index >= 15 is 0 Å². The Labute approximate surface area is 141 Å². The molecule has 0 aliphatic heterocycles. The molecule has 0 spiro atoms. The highest BCUT2D eigenvalue weighted by atomic mass is 32.1. The van der Waals surface area contributed by atoms with Gasteiger partial charge in [0.15, 0.2) is 0 Å². The standard InChI is InChI=1S/C18H25NO3S/c1-9(2)22-18(21)15-10(3)11(4)23-17(15)19-16(20)14-8-12-5-6-13(14)7-12/h9,12-14H,5-8H2,1-4H3,(H,19,20). The third kappa shape index (κ3) is 3.16. The molecule has 2 aliphatic rings. The minimum absolute atomic E-state index is 0.0806. The lowest BCUT2D eigenvalue weighted by atomic mass is 9.88. The molecular formula is C18H25NO3S. The van der Waals surface area contributed by atoms with Gasteiger partial charge in [0.05, 0.1) is 11.7 Å². The summed E-state index contributed by atoms with van der Waals surface area (Å²) in [5.41, 5.74) is 1.43. The highest BCUT2D eigenvalue weighted by molar-refractivity contribution is 7.16. The Morgan fingerprint density at radius 1 is 1.22 bits per heavy atom. The van der Waals surface area contributed by atoms with E-state index in [1.807, 2.05) is 27.7 Å². The number of fused-ring (bicyclic) bond motifs is 2. The Bertz CT molecular complexity index is 634. The van der Waals surface area contributed by atoms with Crippen molar-refractivity contribution in [1.29, 1.82) is 0 Å². The van der Waals surface area contributed by atoms with Crippen LogP contribution >= 0.6 is 11.3 Å². The lowest BCUT2D eigenvalue weighted by molar-refractivity contribution is -0.121. The van der Waals surface area contributed by atoms with Crippen LogP contribution in [-0.4, -0.2) is 18.0 Å². The van der Waals surface area contributed by atoms with Gasteiger partial charge >= 0.3 is 5.97 Å². The van der Waals surface area contributed by atoms with E-state index in [4.69, 9.17) is 4.74 Å². The SMILES string of the molecule is Cc1sc(NC(=O)C2CC3CCC2C3)c(C(=O)OC(C)C)c1C. The molecule has 3 unspecified atom stereocenters. The second kappa shape index (κ2) is 6.27. The van der Waals surface area contributed by atoms with Gasteiger partial charge in [-0.25, -0.2) is 4.79 Å². The molecular weight excluding hydrogens is 310 g/mol. The van der Waals surface area contributed by atoms with Gasteiger partial charge in [-0.1, -0.05) is 6.42 Å². The van der Waals surface area contributed by atoms with Crippen molar-refractivity contribution in [2.45, 2.75) is 59.5 Å². The first-order valence-electron chi connectivity index (χ1n) is 8.48. The normalized spacial score (nSPS) is 25.9. The number of hydrogen-bond donors (Lipinski definition) is 1. The zero-order valence-corrected chi connectivity index (χ0v) is 15.1. The molecule has 1 amide bonds. The number of rotatable bonds is 4. The molecule has 23 heavy (non-hydrogen) atoms. The molecule has 1 aromatic heterocycles. The topological polar surface area (TPSA) is 55.4 Å². The predicted molar refractivity (Wildman–Crippen MR) is 91.9 cm³/mol. The Hall–Kier alpha value is -1.36. The van der Waals surface area contributed by atoms with E-state index in [0.717, 1.165) is 22.8 Å². The molecule has 2 aliphatic carbocycles. The number of carbonyl (C=O) groups excluding carboxylic acids is 2. The Kier molecular flexibility index (Phi) is 4.50. The number of carbonyl (C=O) groups is 2. The molecule has 2 saturated carbocycles.